The molecular weight excluding hydrogens is 555 g/mol. The zero-order chi connectivity index (χ0) is 30.9. The van der Waals surface area contributed by atoms with Gasteiger partial charge in [0.25, 0.3) is 5.56 Å². The highest BCUT2D eigenvalue weighted by Crippen LogP contribution is 2.40. The summed E-state index contributed by atoms with van der Waals surface area (Å²) in [6.07, 6.45) is 6.50. The van der Waals surface area contributed by atoms with E-state index in [1.54, 1.807) is 9.08 Å². The summed E-state index contributed by atoms with van der Waals surface area (Å²) in [7, 11) is -1.91. The summed E-state index contributed by atoms with van der Waals surface area (Å²) >= 11 is 0. The molecule has 226 valence electrons. The molecule has 8 heteroatoms. The van der Waals surface area contributed by atoms with Crippen molar-refractivity contribution in [3.05, 3.63) is 93.3 Å². The highest BCUT2D eigenvalue weighted by atomic mass is 28.4. The van der Waals surface area contributed by atoms with Crippen LogP contribution in [0.25, 0.3) is 16.8 Å². The van der Waals surface area contributed by atoms with Crippen LogP contribution in [0.3, 0.4) is 0 Å². The van der Waals surface area contributed by atoms with Crippen molar-refractivity contribution in [2.75, 3.05) is 0 Å². The molecule has 5 rings (SSSR count). The molecule has 0 radical (unpaired) electrons. The van der Waals surface area contributed by atoms with Gasteiger partial charge in [-0.15, -0.1) is 0 Å². The Hall–Kier alpha value is -3.54. The molecule has 1 saturated carbocycles. The highest BCUT2D eigenvalue weighted by Gasteiger charge is 2.40. The van der Waals surface area contributed by atoms with Gasteiger partial charge in [0, 0.05) is 24.1 Å². The number of halogens is 1. The van der Waals surface area contributed by atoms with E-state index in [0.29, 0.717) is 24.0 Å². The number of aryl methyl sites for hydroxylation is 1. The zero-order valence-electron chi connectivity index (χ0n) is 26.3. The first-order chi connectivity index (χ1) is 20.4. The third kappa shape index (κ3) is 6.11. The third-order valence-electron chi connectivity index (χ3n) is 9.47. The van der Waals surface area contributed by atoms with Crippen molar-refractivity contribution in [2.45, 2.75) is 103 Å². The number of hydrogen-bond donors (Lipinski definition) is 0. The van der Waals surface area contributed by atoms with Crippen molar-refractivity contribution in [1.29, 1.82) is 5.26 Å². The van der Waals surface area contributed by atoms with E-state index in [1.165, 1.54) is 6.20 Å². The van der Waals surface area contributed by atoms with Crippen LogP contribution in [0.2, 0.25) is 18.1 Å². The Morgan fingerprint density at radius 2 is 1.74 bits per heavy atom. The van der Waals surface area contributed by atoms with Crippen LogP contribution >= 0.6 is 0 Å². The van der Waals surface area contributed by atoms with Crippen molar-refractivity contribution < 1.29 is 8.82 Å². The molecule has 0 amide bonds. The Balaban J connectivity index is 1.48. The summed E-state index contributed by atoms with van der Waals surface area (Å²) < 4.78 is 25.4. The van der Waals surface area contributed by atoms with Crippen LogP contribution in [0.1, 0.15) is 88.2 Å². The van der Waals surface area contributed by atoms with E-state index < -0.39 is 14.1 Å². The number of benzene rings is 2. The lowest BCUT2D eigenvalue weighted by Crippen LogP contribution is -2.45. The lowest BCUT2D eigenvalue weighted by atomic mass is 9.92. The molecule has 0 atom stereocenters. The fraction of sp³-hybridized carbons (Fsp3) is 0.457. The maximum absolute atomic E-state index is 15.3. The van der Waals surface area contributed by atoms with Crippen LogP contribution in [-0.2, 0) is 17.3 Å². The Kier molecular flexibility index (Phi) is 8.78. The normalized spacial score (nSPS) is 17.7. The number of nitrogens with zero attached hydrogens (tertiary/aromatic N) is 4. The van der Waals surface area contributed by atoms with E-state index in [4.69, 9.17) is 4.43 Å². The second-order valence-corrected chi connectivity index (χ2v) is 18.2. The number of fused-ring (bicyclic) bond motifs is 1. The van der Waals surface area contributed by atoms with Gasteiger partial charge in [-0.1, -0.05) is 76.6 Å². The summed E-state index contributed by atoms with van der Waals surface area (Å²) in [5.41, 5.74) is 5.04. The lowest BCUT2D eigenvalue weighted by Gasteiger charge is -2.41. The first kappa shape index (κ1) is 30.9. The van der Waals surface area contributed by atoms with Crippen molar-refractivity contribution in [3.8, 4) is 17.2 Å². The van der Waals surface area contributed by atoms with E-state index in [-0.39, 0.29) is 28.4 Å². The van der Waals surface area contributed by atoms with Crippen LogP contribution in [0.15, 0.2) is 59.5 Å². The molecule has 1 aliphatic rings. The van der Waals surface area contributed by atoms with E-state index in [1.807, 2.05) is 48.5 Å². The first-order valence-corrected chi connectivity index (χ1v) is 18.4. The summed E-state index contributed by atoms with van der Waals surface area (Å²) in [5, 5.41) is 14.1. The predicted molar refractivity (Wildman–Crippen MR) is 172 cm³/mol. The maximum Gasteiger partial charge on any atom is 0.257 e. The molecule has 1 aliphatic carbocycles. The van der Waals surface area contributed by atoms with Gasteiger partial charge in [0.2, 0.25) is 0 Å². The minimum Gasteiger partial charge on any atom is -0.414 e. The van der Waals surface area contributed by atoms with E-state index in [9.17, 15) is 10.1 Å². The van der Waals surface area contributed by atoms with Crippen LogP contribution in [0.5, 0.6) is 0 Å². The van der Waals surface area contributed by atoms with Crippen LogP contribution in [-0.4, -0.2) is 28.6 Å². The fourth-order valence-electron chi connectivity index (χ4n) is 6.09. The van der Waals surface area contributed by atoms with Gasteiger partial charge in [0.1, 0.15) is 0 Å². The lowest BCUT2D eigenvalue weighted by molar-refractivity contribution is 0.118. The highest BCUT2D eigenvalue weighted by molar-refractivity contribution is 6.74. The molecule has 0 saturated heterocycles. The van der Waals surface area contributed by atoms with E-state index in [0.717, 1.165) is 54.5 Å². The van der Waals surface area contributed by atoms with Gasteiger partial charge in [-0.25, -0.2) is 8.91 Å². The minimum atomic E-state index is -1.91. The smallest absolute Gasteiger partial charge is 0.257 e. The Labute approximate surface area is 255 Å². The number of rotatable bonds is 8. The third-order valence-corrected chi connectivity index (χ3v) is 14.0. The maximum atomic E-state index is 15.3. The quantitative estimate of drug-likeness (QED) is 0.192. The molecule has 0 unspecified atom stereocenters. The van der Waals surface area contributed by atoms with Gasteiger partial charge >= 0.3 is 0 Å². The monoisotopic (exact) mass is 598 g/mol. The summed E-state index contributed by atoms with van der Waals surface area (Å²) in [5.74, 6) is -0.457. The molecule has 0 N–H and O–H groups in total. The van der Waals surface area contributed by atoms with Crippen molar-refractivity contribution in [2.24, 2.45) is 0 Å². The molecule has 4 aromatic rings. The molecule has 0 aliphatic heterocycles. The van der Waals surface area contributed by atoms with Gasteiger partial charge in [0.15, 0.2) is 19.8 Å². The largest absolute Gasteiger partial charge is 0.414 e. The Morgan fingerprint density at radius 1 is 1.07 bits per heavy atom. The second kappa shape index (κ2) is 12.2. The molecule has 0 bridgehead atoms. The molecular formula is C35H43FN4O2Si. The first-order valence-electron chi connectivity index (χ1n) is 15.5. The average molecular weight is 599 g/mol. The van der Waals surface area contributed by atoms with Crippen molar-refractivity contribution in [3.63, 3.8) is 0 Å². The van der Waals surface area contributed by atoms with Crippen LogP contribution in [0.4, 0.5) is 4.39 Å². The molecule has 2 aromatic heterocycles. The number of aromatic nitrogens is 3. The topological polar surface area (TPSA) is 72.3 Å². The van der Waals surface area contributed by atoms with E-state index >= 15 is 4.39 Å². The SMILES string of the molecule is CCCc1c(Cc2ccc(-c3ccccc3C#N)cc2)c(=O)n(C2CCC(O[Si](C)(C)C(C)(C)C)CC2)c2c(F)cnn12. The molecule has 2 heterocycles. The molecule has 0 spiro atoms. The fourth-order valence-corrected chi connectivity index (χ4v) is 7.52. The molecule has 6 nitrogen and oxygen atoms in total. The van der Waals surface area contributed by atoms with Crippen LogP contribution < -0.4 is 5.56 Å². The second-order valence-electron chi connectivity index (χ2n) is 13.4. The summed E-state index contributed by atoms with van der Waals surface area (Å²) in [6, 6.07) is 17.7. The van der Waals surface area contributed by atoms with Crippen LogP contribution in [0, 0.1) is 17.1 Å². The van der Waals surface area contributed by atoms with Gasteiger partial charge in [-0.3, -0.25) is 9.36 Å². The molecule has 2 aromatic carbocycles. The van der Waals surface area contributed by atoms with Crippen molar-refractivity contribution >= 4 is 14.0 Å². The Bertz CT molecular complexity index is 1700. The van der Waals surface area contributed by atoms with Crippen molar-refractivity contribution in [1.82, 2.24) is 14.2 Å². The van der Waals surface area contributed by atoms with Gasteiger partial charge in [-0.2, -0.15) is 10.4 Å². The zero-order valence-corrected chi connectivity index (χ0v) is 27.3. The summed E-state index contributed by atoms with van der Waals surface area (Å²) in [4.78, 5) is 14.3. The van der Waals surface area contributed by atoms with Gasteiger partial charge in [0.05, 0.1) is 23.5 Å². The minimum absolute atomic E-state index is 0.111. The number of hydrogen-bond acceptors (Lipinski definition) is 4. The van der Waals surface area contributed by atoms with Gasteiger partial charge in [-0.05, 0) is 73.0 Å². The average Bonchev–Trinajstić information content (AvgIpc) is 3.36. The van der Waals surface area contributed by atoms with Gasteiger partial charge < -0.3 is 4.43 Å². The molecule has 1 fully saturated rings. The number of nitriles is 1. The predicted octanol–water partition coefficient (Wildman–Crippen LogP) is 8.22. The molecule has 43 heavy (non-hydrogen) atoms. The summed E-state index contributed by atoms with van der Waals surface area (Å²) in [6.45, 7) is 13.4. The van der Waals surface area contributed by atoms with E-state index in [2.05, 4.69) is 52.0 Å². The standard InChI is InChI=1S/C35H43FN4O2Si/c1-7-10-32-30(21-24-13-15-25(16-14-24)29-12-9-8-11-26(29)22-37)34(41)39(33-31(36)23-38-40(32)33)27-17-19-28(20-18-27)42-43(5,6)35(2,3)4/h8-9,11-16,23,27-28H,7,10,17-21H2,1-6H3. The Morgan fingerprint density at radius 3 is 2.37 bits per heavy atom.